The summed E-state index contributed by atoms with van der Waals surface area (Å²) in [5.74, 6) is 0. The Balaban J connectivity index is 1.67. The third-order valence-electron chi connectivity index (χ3n) is 4.03. The van der Waals surface area contributed by atoms with Crippen LogP contribution in [-0.2, 0) is 17.6 Å². The molecule has 1 aliphatic heterocycles. The largest absolute Gasteiger partial charge is 0.372 e. The molecule has 0 radical (unpaired) electrons. The summed E-state index contributed by atoms with van der Waals surface area (Å²) in [7, 11) is 0. The van der Waals surface area contributed by atoms with Gasteiger partial charge in [-0.1, -0.05) is 54.6 Å². The third-order valence-corrected chi connectivity index (χ3v) is 4.03. The van der Waals surface area contributed by atoms with Gasteiger partial charge in [0.2, 0.25) is 0 Å². The van der Waals surface area contributed by atoms with Crippen molar-refractivity contribution in [3.63, 3.8) is 0 Å². The van der Waals surface area contributed by atoms with E-state index in [2.05, 4.69) is 48.5 Å². The summed E-state index contributed by atoms with van der Waals surface area (Å²) in [6.07, 6.45) is 2.99. The lowest BCUT2D eigenvalue weighted by molar-refractivity contribution is 0.0228. The van der Waals surface area contributed by atoms with E-state index in [0.29, 0.717) is 0 Å². The van der Waals surface area contributed by atoms with E-state index < -0.39 is 0 Å². The van der Waals surface area contributed by atoms with E-state index in [1.807, 2.05) is 6.07 Å². The predicted octanol–water partition coefficient (Wildman–Crippen LogP) is 3.26. The molecular formula is C18H21NO. The van der Waals surface area contributed by atoms with Crippen LogP contribution in [0.1, 0.15) is 29.2 Å². The smallest absolute Gasteiger partial charge is 0.0978 e. The molecule has 2 N–H and O–H groups in total. The number of hydrogen-bond donors (Lipinski definition) is 1. The van der Waals surface area contributed by atoms with Gasteiger partial charge in [0.05, 0.1) is 12.7 Å². The molecule has 0 saturated heterocycles. The molecule has 0 bridgehead atoms. The Labute approximate surface area is 120 Å². The Bertz CT molecular complexity index is 552. The number of nitrogens with two attached hydrogens (primary N) is 1. The fraction of sp³-hybridized carbons (Fsp3) is 0.333. The highest BCUT2D eigenvalue weighted by Crippen LogP contribution is 2.30. The number of rotatable bonds is 4. The summed E-state index contributed by atoms with van der Waals surface area (Å²) in [5.41, 5.74) is 10.4. The summed E-state index contributed by atoms with van der Waals surface area (Å²) in [6, 6.07) is 19.1. The van der Waals surface area contributed by atoms with Crippen LogP contribution in [-0.4, -0.2) is 12.6 Å². The molecule has 2 nitrogen and oxygen atoms in total. The standard InChI is InChI=1S/C18H21NO/c19-17(11-10-14-6-2-1-3-7-14)18-16-9-5-4-8-15(16)12-13-20-18/h1-9,17-18H,10-13,19H2. The van der Waals surface area contributed by atoms with Crippen molar-refractivity contribution < 1.29 is 4.74 Å². The first-order chi connectivity index (χ1) is 9.84. The third kappa shape index (κ3) is 2.92. The van der Waals surface area contributed by atoms with E-state index in [1.165, 1.54) is 16.7 Å². The first kappa shape index (κ1) is 13.3. The van der Waals surface area contributed by atoms with Crippen molar-refractivity contribution in [2.45, 2.75) is 31.4 Å². The van der Waals surface area contributed by atoms with Crippen LogP contribution in [0.25, 0.3) is 0 Å². The molecule has 3 rings (SSSR count). The molecule has 0 saturated carbocycles. The molecule has 2 aromatic carbocycles. The zero-order valence-electron chi connectivity index (χ0n) is 11.7. The minimum Gasteiger partial charge on any atom is -0.372 e. The molecule has 2 atom stereocenters. The highest BCUT2D eigenvalue weighted by atomic mass is 16.5. The summed E-state index contributed by atoms with van der Waals surface area (Å²) in [5, 5.41) is 0. The van der Waals surface area contributed by atoms with Crippen molar-refractivity contribution in [1.29, 1.82) is 0 Å². The fourth-order valence-electron chi connectivity index (χ4n) is 2.91. The van der Waals surface area contributed by atoms with Gasteiger partial charge in [0.25, 0.3) is 0 Å². The lowest BCUT2D eigenvalue weighted by atomic mass is 9.91. The molecule has 1 aliphatic rings. The van der Waals surface area contributed by atoms with Crippen LogP contribution < -0.4 is 5.73 Å². The highest BCUT2D eigenvalue weighted by molar-refractivity contribution is 5.32. The van der Waals surface area contributed by atoms with Crippen molar-refractivity contribution in [1.82, 2.24) is 0 Å². The van der Waals surface area contributed by atoms with Crippen molar-refractivity contribution in [2.24, 2.45) is 5.73 Å². The van der Waals surface area contributed by atoms with E-state index in [9.17, 15) is 0 Å². The maximum absolute atomic E-state index is 6.39. The number of hydrogen-bond acceptors (Lipinski definition) is 2. The van der Waals surface area contributed by atoms with E-state index in [-0.39, 0.29) is 12.1 Å². The molecule has 1 heterocycles. The second-order valence-electron chi connectivity index (χ2n) is 5.43. The van der Waals surface area contributed by atoms with Crippen LogP contribution in [0.15, 0.2) is 54.6 Å². The Kier molecular flexibility index (Phi) is 4.14. The summed E-state index contributed by atoms with van der Waals surface area (Å²) in [6.45, 7) is 0.778. The van der Waals surface area contributed by atoms with Crippen LogP contribution in [0.3, 0.4) is 0 Å². The first-order valence-electron chi connectivity index (χ1n) is 7.33. The van der Waals surface area contributed by atoms with Gasteiger partial charge in [-0.05, 0) is 36.0 Å². The van der Waals surface area contributed by atoms with E-state index >= 15 is 0 Å². The molecule has 0 spiro atoms. The molecule has 0 amide bonds. The number of aryl methyl sites for hydroxylation is 1. The molecule has 2 unspecified atom stereocenters. The summed E-state index contributed by atoms with van der Waals surface area (Å²) >= 11 is 0. The Morgan fingerprint density at radius 3 is 2.65 bits per heavy atom. The molecular weight excluding hydrogens is 246 g/mol. The van der Waals surface area contributed by atoms with Gasteiger partial charge in [-0.15, -0.1) is 0 Å². The van der Waals surface area contributed by atoms with Gasteiger partial charge in [-0.25, -0.2) is 0 Å². The van der Waals surface area contributed by atoms with E-state index in [4.69, 9.17) is 10.5 Å². The Hall–Kier alpha value is -1.64. The van der Waals surface area contributed by atoms with Crippen LogP contribution in [0.4, 0.5) is 0 Å². The zero-order chi connectivity index (χ0) is 13.8. The average molecular weight is 267 g/mol. The molecule has 2 aromatic rings. The molecule has 20 heavy (non-hydrogen) atoms. The molecule has 0 aromatic heterocycles. The number of fused-ring (bicyclic) bond motifs is 1. The van der Waals surface area contributed by atoms with Crippen molar-refractivity contribution in [3.8, 4) is 0 Å². The second-order valence-corrected chi connectivity index (χ2v) is 5.43. The molecule has 0 aliphatic carbocycles. The Morgan fingerprint density at radius 1 is 1.05 bits per heavy atom. The first-order valence-corrected chi connectivity index (χ1v) is 7.33. The predicted molar refractivity (Wildman–Crippen MR) is 81.6 cm³/mol. The van der Waals surface area contributed by atoms with Gasteiger partial charge in [0.15, 0.2) is 0 Å². The fourth-order valence-corrected chi connectivity index (χ4v) is 2.91. The molecule has 104 valence electrons. The SMILES string of the molecule is NC(CCc1ccccc1)C1OCCc2ccccc21. The molecule has 0 fully saturated rings. The van der Waals surface area contributed by atoms with Crippen molar-refractivity contribution in [2.75, 3.05) is 6.61 Å². The van der Waals surface area contributed by atoms with Gasteiger partial charge in [0, 0.05) is 6.04 Å². The number of ether oxygens (including phenoxy) is 1. The van der Waals surface area contributed by atoms with Gasteiger partial charge in [0.1, 0.15) is 0 Å². The minimum atomic E-state index is 0.0451. The maximum atomic E-state index is 6.39. The topological polar surface area (TPSA) is 35.2 Å². The zero-order valence-corrected chi connectivity index (χ0v) is 11.7. The summed E-state index contributed by atoms with van der Waals surface area (Å²) < 4.78 is 5.93. The normalized spacial score (nSPS) is 19.4. The van der Waals surface area contributed by atoms with E-state index in [0.717, 1.165) is 25.9 Å². The summed E-state index contributed by atoms with van der Waals surface area (Å²) in [4.78, 5) is 0. The van der Waals surface area contributed by atoms with Crippen molar-refractivity contribution in [3.05, 3.63) is 71.3 Å². The lowest BCUT2D eigenvalue weighted by Crippen LogP contribution is -2.34. The van der Waals surface area contributed by atoms with E-state index in [1.54, 1.807) is 0 Å². The van der Waals surface area contributed by atoms with Gasteiger partial charge < -0.3 is 10.5 Å². The van der Waals surface area contributed by atoms with Crippen LogP contribution in [0, 0.1) is 0 Å². The lowest BCUT2D eigenvalue weighted by Gasteiger charge is -2.30. The average Bonchev–Trinajstić information content (AvgIpc) is 2.53. The maximum Gasteiger partial charge on any atom is 0.0978 e. The highest BCUT2D eigenvalue weighted by Gasteiger charge is 2.25. The van der Waals surface area contributed by atoms with Crippen LogP contribution in [0.2, 0.25) is 0 Å². The van der Waals surface area contributed by atoms with Gasteiger partial charge >= 0.3 is 0 Å². The number of benzene rings is 2. The van der Waals surface area contributed by atoms with Crippen LogP contribution >= 0.6 is 0 Å². The van der Waals surface area contributed by atoms with Crippen molar-refractivity contribution >= 4 is 0 Å². The minimum absolute atomic E-state index is 0.0451. The molecule has 2 heteroatoms. The second kappa shape index (κ2) is 6.21. The van der Waals surface area contributed by atoms with Gasteiger partial charge in [-0.3, -0.25) is 0 Å². The van der Waals surface area contributed by atoms with Gasteiger partial charge in [-0.2, -0.15) is 0 Å². The monoisotopic (exact) mass is 267 g/mol. The Morgan fingerprint density at radius 2 is 1.80 bits per heavy atom. The quantitative estimate of drug-likeness (QED) is 0.923. The van der Waals surface area contributed by atoms with Crippen LogP contribution in [0.5, 0.6) is 0 Å².